The van der Waals surface area contributed by atoms with Crippen molar-refractivity contribution >= 4 is 59.2 Å². The average molecular weight is 953 g/mol. The van der Waals surface area contributed by atoms with Gasteiger partial charge in [0.2, 0.25) is 35.4 Å². The number of benzene rings is 1. The van der Waals surface area contributed by atoms with E-state index in [2.05, 4.69) is 43.5 Å². The minimum Gasteiger partial charge on any atom is -0.480 e. The van der Waals surface area contributed by atoms with Crippen molar-refractivity contribution in [2.75, 3.05) is 20.7 Å². The van der Waals surface area contributed by atoms with Gasteiger partial charge in [0.1, 0.15) is 35.9 Å². The molecular weight excluding hydrogens is 885 g/mol. The molecule has 1 saturated heterocycles. The predicted octanol–water partition coefficient (Wildman–Crippen LogP) is -0.408. The lowest BCUT2D eigenvalue weighted by Crippen LogP contribution is -2.58. The zero-order valence-corrected chi connectivity index (χ0v) is 39.9. The zero-order valence-electron chi connectivity index (χ0n) is 39.9. The van der Waals surface area contributed by atoms with Gasteiger partial charge in [-0.25, -0.2) is 9.59 Å². The molecule has 1 aromatic carbocycles. The fraction of sp³-hybridized carbons (Fsp3) is 0.522. The number of carboxylic acids is 2. The van der Waals surface area contributed by atoms with E-state index in [9.17, 15) is 53.4 Å². The fourth-order valence-corrected chi connectivity index (χ4v) is 6.89. The van der Waals surface area contributed by atoms with Crippen molar-refractivity contribution in [1.29, 1.82) is 0 Å². The van der Waals surface area contributed by atoms with Crippen LogP contribution in [0.2, 0.25) is 0 Å². The lowest BCUT2D eigenvalue weighted by atomic mass is 9.94. The number of amides is 7. The first-order valence-electron chi connectivity index (χ1n) is 22.1. The summed E-state index contributed by atoms with van der Waals surface area (Å²) in [5, 5.41) is 34.9. The van der Waals surface area contributed by atoms with Crippen molar-refractivity contribution < 1.29 is 58.1 Å². The minimum atomic E-state index is -1.88. The summed E-state index contributed by atoms with van der Waals surface area (Å²) in [6.07, 6.45) is 4.62. The molecule has 1 aromatic rings. The highest BCUT2D eigenvalue weighted by Crippen LogP contribution is 2.19. The molecule has 1 aliphatic heterocycles. The number of allylic oxidation sites excluding steroid dienone is 2. The van der Waals surface area contributed by atoms with E-state index in [1.807, 2.05) is 43.3 Å². The number of guanidine groups is 1. The van der Waals surface area contributed by atoms with Crippen LogP contribution in [0.5, 0.6) is 0 Å². The number of carbonyl (C=O) groups excluding carboxylic acids is 7. The molecular formula is C46H68N10O12. The van der Waals surface area contributed by atoms with Gasteiger partial charge in [0.05, 0.1) is 24.0 Å². The number of nitrogens with one attached hydrogen (secondary N) is 6. The Kier molecular flexibility index (Phi) is 23.1. The number of rotatable bonds is 13. The number of methoxy groups -OCH3 is 1. The van der Waals surface area contributed by atoms with Gasteiger partial charge in [-0.2, -0.15) is 0 Å². The van der Waals surface area contributed by atoms with Gasteiger partial charge in [0.25, 0.3) is 5.91 Å². The molecule has 0 aliphatic carbocycles. The predicted molar refractivity (Wildman–Crippen MR) is 251 cm³/mol. The van der Waals surface area contributed by atoms with Crippen LogP contribution in [0.4, 0.5) is 0 Å². The Labute approximate surface area is 396 Å². The Morgan fingerprint density at radius 1 is 0.853 bits per heavy atom. The second-order valence-electron chi connectivity index (χ2n) is 16.8. The van der Waals surface area contributed by atoms with E-state index >= 15 is 0 Å². The third kappa shape index (κ3) is 18.3. The molecule has 1 fully saturated rings. The first-order valence-corrected chi connectivity index (χ1v) is 22.1. The summed E-state index contributed by atoms with van der Waals surface area (Å²) >= 11 is 0. The molecule has 374 valence electrons. The number of carboxylic acid groups (broad SMARTS) is 2. The van der Waals surface area contributed by atoms with Crippen LogP contribution in [0.25, 0.3) is 0 Å². The van der Waals surface area contributed by atoms with E-state index in [0.29, 0.717) is 12.0 Å². The number of aliphatic carboxylic acids is 2. The highest BCUT2D eigenvalue weighted by Gasteiger charge is 2.36. The molecule has 0 bridgehead atoms. The van der Waals surface area contributed by atoms with Gasteiger partial charge in [0.15, 0.2) is 5.96 Å². The number of nitrogens with two attached hydrogens (primary N) is 2. The van der Waals surface area contributed by atoms with Crippen molar-refractivity contribution in [1.82, 2.24) is 36.8 Å². The molecule has 22 nitrogen and oxygen atoms in total. The number of aliphatic imine (C=N–C) groups is 1. The molecule has 0 aromatic heterocycles. The first kappa shape index (κ1) is 57.0. The lowest BCUT2D eigenvalue weighted by Gasteiger charge is -2.28. The average Bonchev–Trinajstić information content (AvgIpc) is 3.28. The monoisotopic (exact) mass is 953 g/mol. The molecule has 1 aliphatic rings. The van der Waals surface area contributed by atoms with Crippen molar-refractivity contribution in [2.24, 2.45) is 34.2 Å². The van der Waals surface area contributed by atoms with Crippen molar-refractivity contribution in [3.05, 3.63) is 72.0 Å². The van der Waals surface area contributed by atoms with Crippen LogP contribution in [0.15, 0.2) is 71.4 Å². The van der Waals surface area contributed by atoms with Crippen LogP contribution in [0.1, 0.15) is 72.8 Å². The van der Waals surface area contributed by atoms with Crippen molar-refractivity contribution in [2.45, 2.75) is 116 Å². The van der Waals surface area contributed by atoms with Crippen molar-refractivity contribution in [3.8, 4) is 0 Å². The van der Waals surface area contributed by atoms with Gasteiger partial charge >= 0.3 is 11.9 Å². The molecule has 0 spiro atoms. The number of nitrogens with zero attached hydrogens (tertiary/aromatic N) is 2. The number of carbonyl (C=O) groups is 9. The van der Waals surface area contributed by atoms with Crippen molar-refractivity contribution in [3.63, 3.8) is 0 Å². The molecule has 68 heavy (non-hydrogen) atoms. The topological polar surface area (TPSA) is 343 Å². The van der Waals surface area contributed by atoms with Gasteiger partial charge in [-0.3, -0.25) is 38.6 Å². The van der Waals surface area contributed by atoms with Gasteiger partial charge in [-0.1, -0.05) is 81.5 Å². The van der Waals surface area contributed by atoms with Crippen LogP contribution >= 0.6 is 0 Å². The molecule has 10 unspecified atom stereocenters. The van der Waals surface area contributed by atoms with Gasteiger partial charge in [-0.05, 0) is 52.0 Å². The number of ether oxygens (including phenoxy) is 1. The van der Waals surface area contributed by atoms with Crippen LogP contribution in [-0.2, 0) is 54.3 Å². The van der Waals surface area contributed by atoms with Gasteiger partial charge < -0.3 is 63.2 Å². The molecule has 7 amide bonds. The molecule has 1 heterocycles. The van der Waals surface area contributed by atoms with Crippen LogP contribution < -0.4 is 43.4 Å². The Morgan fingerprint density at radius 2 is 1.46 bits per heavy atom. The number of likely N-dealkylation sites (N-methyl/N-ethyl adjacent to an activating group) is 1. The largest absolute Gasteiger partial charge is 0.480 e. The molecule has 10 atom stereocenters. The number of hydrogen-bond acceptors (Lipinski definition) is 11. The second-order valence-corrected chi connectivity index (χ2v) is 16.8. The Balaban J connectivity index is 2.68. The normalized spacial score (nSPS) is 25.8. The van der Waals surface area contributed by atoms with E-state index in [1.54, 1.807) is 20.1 Å². The fourth-order valence-electron chi connectivity index (χ4n) is 6.89. The van der Waals surface area contributed by atoms with Gasteiger partial charge in [-0.15, -0.1) is 0 Å². The Bertz CT molecular complexity index is 2090. The maximum Gasteiger partial charge on any atom is 0.327 e. The third-order valence-electron chi connectivity index (χ3n) is 11.4. The summed E-state index contributed by atoms with van der Waals surface area (Å²) in [6.45, 7) is 12.5. The quantitative estimate of drug-likeness (QED) is 0.0396. The van der Waals surface area contributed by atoms with E-state index in [1.165, 1.54) is 40.8 Å². The second kappa shape index (κ2) is 27.5. The minimum absolute atomic E-state index is 0.0251. The number of hydrogen-bond donors (Lipinski definition) is 10. The van der Waals surface area contributed by atoms with Gasteiger partial charge in [0, 0.05) is 33.0 Å². The Hall–Kier alpha value is -7.10. The summed E-state index contributed by atoms with van der Waals surface area (Å²) in [4.78, 5) is 124. The zero-order chi connectivity index (χ0) is 51.4. The molecule has 12 N–H and O–H groups in total. The molecule has 0 radical (unpaired) electrons. The van der Waals surface area contributed by atoms with Crippen LogP contribution in [0, 0.1) is 17.8 Å². The smallest absolute Gasteiger partial charge is 0.327 e. The maximum absolute atomic E-state index is 14.3. The van der Waals surface area contributed by atoms with Crippen LogP contribution in [-0.4, -0.2) is 137 Å². The molecule has 22 heteroatoms. The van der Waals surface area contributed by atoms with E-state index in [-0.39, 0.29) is 37.4 Å². The third-order valence-corrected chi connectivity index (χ3v) is 11.4. The highest BCUT2D eigenvalue weighted by atomic mass is 16.5. The van der Waals surface area contributed by atoms with E-state index in [4.69, 9.17) is 16.2 Å². The standard InChI is InChI=1S/C46H68N10O12/c1-24(22-25(2)35(68-9)23-31-14-11-10-12-15-31)17-18-32-26(3)38(58)54-34(44(64)65)19-20-36(57)56(8)30(7)42(62)51-28(5)40(60)50-29(6)41(61)55-37(45(66)67)27(4)39(59)53-33(43(63)52-32)16-13-21-49-46(47)48/h10-12,14-15,17-18,22,25-29,32-35,37H,7,13,16,19-21,23H2,1-6,8-9H3,(H,50,60)(H,51,62)(H,52,63)(H,53,59)(H,54,58)(H,55,61)(H,64,65)(H,66,67)(H4,47,48,49). The molecule has 0 saturated carbocycles. The van der Waals surface area contributed by atoms with E-state index in [0.717, 1.165) is 10.5 Å². The summed E-state index contributed by atoms with van der Waals surface area (Å²) in [5.74, 6) is -12.5. The summed E-state index contributed by atoms with van der Waals surface area (Å²) < 4.78 is 5.80. The Morgan fingerprint density at radius 3 is 2.04 bits per heavy atom. The highest BCUT2D eigenvalue weighted by molar-refractivity contribution is 6.00. The summed E-state index contributed by atoms with van der Waals surface area (Å²) in [6, 6.07) is 0.970. The summed E-state index contributed by atoms with van der Waals surface area (Å²) in [7, 11) is 2.81. The maximum atomic E-state index is 14.3. The lowest BCUT2D eigenvalue weighted by molar-refractivity contribution is -0.146. The van der Waals surface area contributed by atoms with Crippen LogP contribution in [0.3, 0.4) is 0 Å². The SMILES string of the molecule is C=C1C(=O)NC(C)C(=O)NC(C)C(=O)NC(C(=O)O)C(C)C(=O)NC(CCCN=C(N)N)C(=O)NC(C=CC(C)=CC(C)C(Cc2ccccc2)OC)C(C)C(=O)NC(C(=O)O)CCC(=O)N1C. The molecule has 2 rings (SSSR count). The summed E-state index contributed by atoms with van der Waals surface area (Å²) in [5.41, 5.74) is 12.3. The first-order chi connectivity index (χ1) is 31.9. The van der Waals surface area contributed by atoms with E-state index < -0.39 is 120 Å².